The fourth-order valence-corrected chi connectivity index (χ4v) is 6.97. The minimum atomic E-state index is -1.52. The van der Waals surface area contributed by atoms with Crippen molar-refractivity contribution in [2.24, 2.45) is 41.4 Å². The topological polar surface area (TPSA) is 18.5 Å². The molecule has 3 aliphatic carbocycles. The van der Waals surface area contributed by atoms with Crippen LogP contribution in [0.5, 0.6) is 0 Å². The van der Waals surface area contributed by atoms with E-state index in [0.717, 1.165) is 62.7 Å². The molecule has 0 radical (unpaired) electrons. The zero-order chi connectivity index (χ0) is 22.3. The van der Waals surface area contributed by atoms with E-state index in [1.165, 1.54) is 64.2 Å². The Morgan fingerprint density at radius 1 is 0.656 bits per heavy atom. The van der Waals surface area contributed by atoms with Crippen molar-refractivity contribution in [1.29, 1.82) is 0 Å². The van der Waals surface area contributed by atoms with E-state index in [4.69, 9.17) is 9.47 Å². The van der Waals surface area contributed by atoms with Gasteiger partial charge in [0.15, 0.2) is 6.29 Å². The van der Waals surface area contributed by atoms with Crippen molar-refractivity contribution >= 4 is 0 Å². The van der Waals surface area contributed by atoms with Gasteiger partial charge in [0.25, 0.3) is 6.08 Å². The lowest BCUT2D eigenvalue weighted by Gasteiger charge is -2.41. The highest BCUT2D eigenvalue weighted by Gasteiger charge is 2.36. The van der Waals surface area contributed by atoms with Gasteiger partial charge in [0.05, 0.1) is 13.2 Å². The Labute approximate surface area is 194 Å². The smallest absolute Gasteiger partial charge is 0.266 e. The molecule has 32 heavy (non-hydrogen) atoms. The second-order valence-corrected chi connectivity index (χ2v) is 11.3. The lowest BCUT2D eigenvalue weighted by molar-refractivity contribution is -0.237. The van der Waals surface area contributed by atoms with Crippen LogP contribution < -0.4 is 0 Å². The Balaban J connectivity index is 1.10. The predicted octanol–water partition coefficient (Wildman–Crippen LogP) is 8.14. The van der Waals surface area contributed by atoms with Gasteiger partial charge < -0.3 is 9.47 Å². The van der Waals surface area contributed by atoms with Gasteiger partial charge in [-0.1, -0.05) is 18.9 Å². The molecule has 0 aromatic heterocycles. The Morgan fingerprint density at radius 3 is 1.69 bits per heavy atom. The molecule has 0 atom stereocenters. The van der Waals surface area contributed by atoms with Crippen LogP contribution in [0, 0.1) is 41.4 Å². The van der Waals surface area contributed by atoms with Gasteiger partial charge in [-0.15, -0.1) is 6.58 Å². The van der Waals surface area contributed by atoms with Crippen molar-refractivity contribution in [3.8, 4) is 0 Å². The lowest BCUT2D eigenvalue weighted by atomic mass is 9.75. The first kappa shape index (κ1) is 24.4. The highest BCUT2D eigenvalue weighted by atomic mass is 19.3. The van der Waals surface area contributed by atoms with Gasteiger partial charge in [-0.25, -0.2) is 0 Å². The highest BCUT2D eigenvalue weighted by Crippen LogP contribution is 2.41. The molecule has 0 bridgehead atoms. The average Bonchev–Trinajstić information content (AvgIpc) is 2.84. The summed E-state index contributed by atoms with van der Waals surface area (Å²) < 4.78 is 37.4. The van der Waals surface area contributed by atoms with Crippen molar-refractivity contribution in [2.75, 3.05) is 13.2 Å². The molecule has 4 aliphatic rings. The molecule has 0 aromatic carbocycles. The van der Waals surface area contributed by atoms with Crippen LogP contribution in [0.3, 0.4) is 0 Å². The predicted molar refractivity (Wildman–Crippen MR) is 125 cm³/mol. The van der Waals surface area contributed by atoms with E-state index in [1.54, 1.807) is 0 Å². The van der Waals surface area contributed by atoms with Crippen molar-refractivity contribution in [3.63, 3.8) is 0 Å². The van der Waals surface area contributed by atoms with Gasteiger partial charge in [0.2, 0.25) is 0 Å². The molecule has 0 aromatic rings. The standard InChI is InChI=1S/C28H44F2O2/c1-2-20-3-5-21(6-4-20)7-8-22-9-15-25(16-10-22)28-31-18-26(19-32-28)24-13-11-23(12-14-24)17-27(29)30/h2,17,20-26,28H,1,3-16,18-19H2. The molecule has 4 rings (SSSR count). The van der Waals surface area contributed by atoms with Gasteiger partial charge in [-0.2, -0.15) is 8.78 Å². The SMILES string of the molecule is C=CC1CCC(CCC2CCC(C3OCC(C4CCC(C=C(F)F)CC4)CO3)CC2)CC1. The first-order valence-electron chi connectivity index (χ1n) is 13.5. The average molecular weight is 451 g/mol. The van der Waals surface area contributed by atoms with E-state index in [1.807, 2.05) is 0 Å². The van der Waals surface area contributed by atoms with Crippen LogP contribution >= 0.6 is 0 Å². The zero-order valence-electron chi connectivity index (χ0n) is 19.9. The number of ether oxygens (including phenoxy) is 2. The minimum Gasteiger partial charge on any atom is -0.352 e. The molecule has 1 heterocycles. The highest BCUT2D eigenvalue weighted by molar-refractivity contribution is 4.92. The Bertz CT molecular complexity index is 585. The first-order valence-corrected chi connectivity index (χ1v) is 13.5. The fraction of sp³-hybridized carbons (Fsp3) is 0.857. The van der Waals surface area contributed by atoms with Gasteiger partial charge in [0.1, 0.15) is 0 Å². The van der Waals surface area contributed by atoms with E-state index >= 15 is 0 Å². The Hall–Kier alpha value is -0.740. The van der Waals surface area contributed by atoms with Crippen molar-refractivity contribution in [3.05, 3.63) is 24.8 Å². The van der Waals surface area contributed by atoms with Crippen LogP contribution in [-0.4, -0.2) is 19.5 Å². The van der Waals surface area contributed by atoms with Gasteiger partial charge in [-0.3, -0.25) is 0 Å². The molecule has 0 amide bonds. The lowest BCUT2D eigenvalue weighted by Crippen LogP contribution is -2.41. The maximum absolute atomic E-state index is 12.5. The monoisotopic (exact) mass is 450 g/mol. The largest absolute Gasteiger partial charge is 0.352 e. The second-order valence-electron chi connectivity index (χ2n) is 11.3. The molecule has 0 N–H and O–H groups in total. The van der Waals surface area contributed by atoms with E-state index in [-0.39, 0.29) is 12.2 Å². The summed E-state index contributed by atoms with van der Waals surface area (Å²) in [7, 11) is 0. The van der Waals surface area contributed by atoms with Gasteiger partial charge in [-0.05, 0) is 113 Å². The molecular formula is C28H44F2O2. The quantitative estimate of drug-likeness (QED) is 0.364. The summed E-state index contributed by atoms with van der Waals surface area (Å²) in [6.45, 7) is 5.55. The summed E-state index contributed by atoms with van der Waals surface area (Å²) in [4.78, 5) is 0. The summed E-state index contributed by atoms with van der Waals surface area (Å²) in [6.07, 6.45) is 19.1. The third-order valence-corrected chi connectivity index (χ3v) is 9.28. The minimum absolute atomic E-state index is 0.0127. The van der Waals surface area contributed by atoms with E-state index in [0.29, 0.717) is 17.8 Å². The van der Waals surface area contributed by atoms with Crippen molar-refractivity contribution in [1.82, 2.24) is 0 Å². The molecule has 1 aliphatic heterocycles. The number of rotatable bonds is 7. The molecule has 0 unspecified atom stereocenters. The summed E-state index contributed by atoms with van der Waals surface area (Å²) in [5.41, 5.74) is 0. The summed E-state index contributed by atoms with van der Waals surface area (Å²) in [5.74, 6) is 4.26. The molecule has 4 heteroatoms. The molecule has 4 fully saturated rings. The van der Waals surface area contributed by atoms with E-state index in [9.17, 15) is 8.78 Å². The van der Waals surface area contributed by atoms with Crippen LogP contribution in [0.2, 0.25) is 0 Å². The summed E-state index contributed by atoms with van der Waals surface area (Å²) in [5, 5.41) is 0. The number of hydrogen-bond donors (Lipinski definition) is 0. The van der Waals surface area contributed by atoms with E-state index in [2.05, 4.69) is 12.7 Å². The second kappa shape index (κ2) is 12.1. The maximum atomic E-state index is 12.5. The maximum Gasteiger partial charge on any atom is 0.266 e. The number of halogens is 2. The third kappa shape index (κ3) is 6.88. The number of hydrogen-bond acceptors (Lipinski definition) is 2. The normalized spacial score (nSPS) is 41.1. The molecule has 1 saturated heterocycles. The number of allylic oxidation sites excluding steroid dienone is 2. The van der Waals surface area contributed by atoms with Crippen LogP contribution in [-0.2, 0) is 9.47 Å². The Kier molecular flexibility index (Phi) is 9.23. The van der Waals surface area contributed by atoms with Gasteiger partial charge >= 0.3 is 0 Å². The van der Waals surface area contributed by atoms with E-state index < -0.39 is 6.08 Å². The van der Waals surface area contributed by atoms with Crippen LogP contribution in [0.15, 0.2) is 24.8 Å². The van der Waals surface area contributed by atoms with Crippen LogP contribution in [0.4, 0.5) is 8.78 Å². The van der Waals surface area contributed by atoms with Crippen LogP contribution in [0.25, 0.3) is 0 Å². The molecular weight excluding hydrogens is 406 g/mol. The third-order valence-electron chi connectivity index (χ3n) is 9.28. The van der Waals surface area contributed by atoms with Crippen molar-refractivity contribution in [2.45, 2.75) is 96.2 Å². The zero-order valence-corrected chi connectivity index (χ0v) is 19.9. The fourth-order valence-electron chi connectivity index (χ4n) is 6.97. The molecule has 0 spiro atoms. The van der Waals surface area contributed by atoms with Crippen molar-refractivity contribution < 1.29 is 18.3 Å². The van der Waals surface area contributed by atoms with Crippen LogP contribution in [0.1, 0.15) is 89.9 Å². The Morgan fingerprint density at radius 2 is 1.16 bits per heavy atom. The molecule has 2 nitrogen and oxygen atoms in total. The van der Waals surface area contributed by atoms with Gasteiger partial charge in [0, 0.05) is 11.8 Å². The summed E-state index contributed by atoms with van der Waals surface area (Å²) >= 11 is 0. The molecule has 3 saturated carbocycles. The first-order chi connectivity index (χ1) is 15.6. The molecule has 182 valence electrons. The summed E-state index contributed by atoms with van der Waals surface area (Å²) in [6, 6.07) is 0.